The normalized spacial score (nSPS) is 18.7. The summed E-state index contributed by atoms with van der Waals surface area (Å²) in [6.07, 6.45) is 1.38. The van der Waals surface area contributed by atoms with E-state index in [0.717, 1.165) is 43.9 Å². The van der Waals surface area contributed by atoms with E-state index in [9.17, 15) is 4.79 Å². The van der Waals surface area contributed by atoms with Gasteiger partial charge in [-0.05, 0) is 62.7 Å². The van der Waals surface area contributed by atoms with Gasteiger partial charge in [-0.15, -0.1) is 0 Å². The Kier molecular flexibility index (Phi) is 5.85. The van der Waals surface area contributed by atoms with Crippen LogP contribution in [0.4, 0.5) is 11.4 Å². The molecular weight excluding hydrogens is 334 g/mol. The monoisotopic (exact) mass is 365 g/mol. The molecule has 1 heterocycles. The zero-order chi connectivity index (χ0) is 19.4. The maximum Gasteiger partial charge on any atom is 0.228 e. The van der Waals surface area contributed by atoms with Crippen molar-refractivity contribution in [3.05, 3.63) is 59.7 Å². The molecule has 0 unspecified atom stereocenters. The van der Waals surface area contributed by atoms with E-state index < -0.39 is 5.41 Å². The third-order valence-electron chi connectivity index (χ3n) is 6.02. The van der Waals surface area contributed by atoms with Crippen LogP contribution in [-0.2, 0) is 16.6 Å². The Morgan fingerprint density at radius 1 is 1.04 bits per heavy atom. The van der Waals surface area contributed by atoms with Crippen molar-refractivity contribution in [1.29, 1.82) is 0 Å². The number of nitrogens with zero attached hydrogens (tertiary/aromatic N) is 2. The van der Waals surface area contributed by atoms with Crippen LogP contribution in [-0.4, -0.2) is 37.0 Å². The smallest absolute Gasteiger partial charge is 0.228 e. The van der Waals surface area contributed by atoms with Gasteiger partial charge >= 0.3 is 0 Å². The number of anilines is 2. The lowest BCUT2D eigenvalue weighted by molar-refractivity contribution is -0.124. The topological polar surface area (TPSA) is 49.6 Å². The lowest BCUT2D eigenvalue weighted by atomic mass is 9.72. The average molecular weight is 366 g/mol. The summed E-state index contributed by atoms with van der Waals surface area (Å²) in [6.45, 7) is 10.1. The van der Waals surface area contributed by atoms with Gasteiger partial charge in [0.2, 0.25) is 5.91 Å². The van der Waals surface area contributed by atoms with Gasteiger partial charge in [0, 0.05) is 17.9 Å². The van der Waals surface area contributed by atoms with Crippen molar-refractivity contribution in [3.63, 3.8) is 0 Å². The fraction of sp³-hybridized carbons (Fsp3) is 0.435. The minimum absolute atomic E-state index is 0.227. The number of fused-ring (bicyclic) bond motifs is 2. The van der Waals surface area contributed by atoms with Crippen molar-refractivity contribution in [2.45, 2.75) is 39.0 Å². The summed E-state index contributed by atoms with van der Waals surface area (Å²) in [4.78, 5) is 17.6. The molecule has 144 valence electrons. The molecule has 0 saturated carbocycles. The Bertz CT molecular complexity index is 800. The summed E-state index contributed by atoms with van der Waals surface area (Å²) in [7, 11) is 0. The lowest BCUT2D eigenvalue weighted by Crippen LogP contribution is -2.45. The van der Waals surface area contributed by atoms with Crippen LogP contribution in [0.3, 0.4) is 0 Å². The molecule has 2 aromatic rings. The Morgan fingerprint density at radius 3 is 2.30 bits per heavy atom. The molecule has 1 aliphatic rings. The number of para-hydroxylation sites is 2. The molecule has 0 saturated heterocycles. The predicted molar refractivity (Wildman–Crippen MR) is 113 cm³/mol. The largest absolute Gasteiger partial charge is 0.369 e. The predicted octanol–water partition coefficient (Wildman–Crippen LogP) is 3.86. The summed E-state index contributed by atoms with van der Waals surface area (Å²) in [6, 6.07) is 16.7. The number of hydrogen-bond acceptors (Lipinski definition) is 3. The molecule has 0 fully saturated rings. The van der Waals surface area contributed by atoms with E-state index in [4.69, 9.17) is 5.73 Å². The van der Waals surface area contributed by atoms with Gasteiger partial charge < -0.3 is 15.5 Å². The van der Waals surface area contributed by atoms with Crippen LogP contribution in [0.1, 0.15) is 38.3 Å². The first-order valence-electron chi connectivity index (χ1n) is 10.0. The first-order valence-corrected chi connectivity index (χ1v) is 10.0. The minimum Gasteiger partial charge on any atom is -0.369 e. The van der Waals surface area contributed by atoms with Crippen LogP contribution in [0.2, 0.25) is 0 Å². The first kappa shape index (κ1) is 19.4. The second-order valence-corrected chi connectivity index (χ2v) is 7.29. The maximum absolute atomic E-state index is 13.0. The summed E-state index contributed by atoms with van der Waals surface area (Å²) in [5.41, 5.74) is 9.95. The van der Waals surface area contributed by atoms with Crippen LogP contribution < -0.4 is 10.6 Å². The standard InChI is InChI=1S/C23H31N3O/c1-4-25(5-2)16-15-23(22(24)27)17-18-11-7-9-13-20(18)26(6-3)21-14-10-8-12-19(21)23/h7-14H,4-6,15-17H2,1-3H3,(H2,24,27)/t23-/m0/s1. The SMILES string of the molecule is CCN(CC)CC[C@]1(C(N)=O)Cc2ccccc2N(CC)c2ccccc21. The summed E-state index contributed by atoms with van der Waals surface area (Å²) >= 11 is 0. The Labute approximate surface area is 163 Å². The number of benzene rings is 2. The molecule has 4 nitrogen and oxygen atoms in total. The third kappa shape index (κ3) is 3.46. The highest BCUT2D eigenvalue weighted by Crippen LogP contribution is 2.45. The highest BCUT2D eigenvalue weighted by Gasteiger charge is 2.43. The van der Waals surface area contributed by atoms with Crippen LogP contribution in [0, 0.1) is 0 Å². The molecule has 3 rings (SSSR count). The number of carbonyl (C=O) groups excluding carboxylic acids is 1. The molecular formula is C23H31N3O. The second-order valence-electron chi connectivity index (χ2n) is 7.29. The molecule has 0 radical (unpaired) electrons. The Hall–Kier alpha value is -2.33. The summed E-state index contributed by atoms with van der Waals surface area (Å²) in [5, 5.41) is 0. The van der Waals surface area contributed by atoms with E-state index in [1.165, 1.54) is 11.3 Å². The van der Waals surface area contributed by atoms with Gasteiger partial charge in [-0.25, -0.2) is 0 Å². The third-order valence-corrected chi connectivity index (χ3v) is 6.02. The van der Waals surface area contributed by atoms with E-state index in [1.54, 1.807) is 0 Å². The van der Waals surface area contributed by atoms with Crippen molar-refractivity contribution in [2.24, 2.45) is 5.73 Å². The van der Waals surface area contributed by atoms with Gasteiger partial charge in [-0.2, -0.15) is 0 Å². The van der Waals surface area contributed by atoms with Gasteiger partial charge in [-0.3, -0.25) is 4.79 Å². The highest BCUT2D eigenvalue weighted by molar-refractivity contribution is 5.91. The Morgan fingerprint density at radius 2 is 1.67 bits per heavy atom. The van der Waals surface area contributed by atoms with E-state index in [-0.39, 0.29) is 5.91 Å². The van der Waals surface area contributed by atoms with E-state index >= 15 is 0 Å². The van der Waals surface area contributed by atoms with Crippen molar-refractivity contribution >= 4 is 17.3 Å². The number of carbonyl (C=O) groups is 1. The number of rotatable bonds is 7. The van der Waals surface area contributed by atoms with Crippen LogP contribution in [0.5, 0.6) is 0 Å². The maximum atomic E-state index is 13.0. The van der Waals surface area contributed by atoms with Crippen LogP contribution in [0.15, 0.2) is 48.5 Å². The van der Waals surface area contributed by atoms with Crippen molar-refractivity contribution < 1.29 is 4.79 Å². The van der Waals surface area contributed by atoms with Gasteiger partial charge in [-0.1, -0.05) is 50.2 Å². The molecule has 4 heteroatoms. The zero-order valence-corrected chi connectivity index (χ0v) is 16.7. The second kappa shape index (κ2) is 8.13. The van der Waals surface area contributed by atoms with Gasteiger partial charge in [0.05, 0.1) is 5.41 Å². The van der Waals surface area contributed by atoms with Crippen LogP contribution in [0.25, 0.3) is 0 Å². The van der Waals surface area contributed by atoms with E-state index in [2.05, 4.69) is 67.0 Å². The molecule has 1 aliphatic heterocycles. The molecule has 1 atom stereocenters. The zero-order valence-electron chi connectivity index (χ0n) is 16.7. The van der Waals surface area contributed by atoms with Crippen molar-refractivity contribution in [1.82, 2.24) is 4.90 Å². The molecule has 0 aromatic heterocycles. The first-order chi connectivity index (χ1) is 13.1. The number of nitrogens with two attached hydrogens (primary N) is 1. The fourth-order valence-corrected chi connectivity index (χ4v) is 4.38. The minimum atomic E-state index is -0.695. The molecule has 0 spiro atoms. The van der Waals surface area contributed by atoms with E-state index in [1.807, 2.05) is 12.1 Å². The van der Waals surface area contributed by atoms with Gasteiger partial charge in [0.15, 0.2) is 0 Å². The number of primary amides is 1. The molecule has 2 aromatic carbocycles. The van der Waals surface area contributed by atoms with Gasteiger partial charge in [0.1, 0.15) is 0 Å². The molecule has 2 N–H and O–H groups in total. The fourth-order valence-electron chi connectivity index (χ4n) is 4.38. The number of hydrogen-bond donors (Lipinski definition) is 1. The summed E-state index contributed by atoms with van der Waals surface area (Å²) in [5.74, 6) is -0.227. The molecule has 0 bridgehead atoms. The van der Waals surface area contributed by atoms with Crippen LogP contribution >= 0.6 is 0 Å². The summed E-state index contributed by atoms with van der Waals surface area (Å²) < 4.78 is 0. The lowest BCUT2D eigenvalue weighted by Gasteiger charge is -2.34. The quantitative estimate of drug-likeness (QED) is 0.811. The average Bonchev–Trinajstić information content (AvgIpc) is 2.81. The van der Waals surface area contributed by atoms with Crippen molar-refractivity contribution in [3.8, 4) is 0 Å². The number of amides is 1. The Balaban J connectivity index is 2.18. The highest BCUT2D eigenvalue weighted by atomic mass is 16.1. The van der Waals surface area contributed by atoms with Gasteiger partial charge in [0.25, 0.3) is 0 Å². The molecule has 1 amide bonds. The van der Waals surface area contributed by atoms with E-state index in [0.29, 0.717) is 6.42 Å². The molecule has 27 heavy (non-hydrogen) atoms. The molecule has 0 aliphatic carbocycles. The van der Waals surface area contributed by atoms with Crippen molar-refractivity contribution in [2.75, 3.05) is 31.1 Å².